The topological polar surface area (TPSA) is 76.2 Å². The third-order valence-corrected chi connectivity index (χ3v) is 3.25. The van der Waals surface area contributed by atoms with E-state index in [1.807, 2.05) is 26.4 Å². The zero-order valence-corrected chi connectivity index (χ0v) is 11.0. The lowest BCUT2D eigenvalue weighted by molar-refractivity contribution is -0.122. The van der Waals surface area contributed by atoms with Gasteiger partial charge in [-0.2, -0.15) is 5.10 Å². The summed E-state index contributed by atoms with van der Waals surface area (Å²) in [6.45, 7) is 4.00. The molecule has 6 heteroatoms. The fourth-order valence-electron chi connectivity index (χ4n) is 2.51. The minimum atomic E-state index is -0.0416. The third kappa shape index (κ3) is 2.88. The van der Waals surface area contributed by atoms with Crippen molar-refractivity contribution in [2.75, 3.05) is 19.6 Å². The molecule has 100 valence electrons. The van der Waals surface area contributed by atoms with Crippen molar-refractivity contribution >= 4 is 5.91 Å². The van der Waals surface area contributed by atoms with Crippen LogP contribution in [-0.2, 0) is 11.8 Å². The van der Waals surface area contributed by atoms with Crippen molar-refractivity contribution in [2.45, 2.75) is 25.4 Å². The molecule has 1 amide bonds. The molecular formula is C12H21N5O. The van der Waals surface area contributed by atoms with E-state index < -0.39 is 0 Å². The highest BCUT2D eigenvalue weighted by molar-refractivity contribution is 5.78. The first-order chi connectivity index (χ1) is 8.58. The molecule has 0 saturated carbocycles. The summed E-state index contributed by atoms with van der Waals surface area (Å²) in [4.78, 5) is 13.8. The number of carbonyl (C=O) groups excluding carboxylic acids is 1. The number of carbonyl (C=O) groups is 1. The average Bonchev–Trinajstić information content (AvgIpc) is 2.58. The van der Waals surface area contributed by atoms with Crippen LogP contribution in [0, 0.1) is 0 Å². The van der Waals surface area contributed by atoms with E-state index in [9.17, 15) is 4.79 Å². The minimum absolute atomic E-state index is 0.0416. The number of nitrogens with zero attached hydrogens (tertiary/aromatic N) is 3. The van der Waals surface area contributed by atoms with Crippen LogP contribution < -0.4 is 11.1 Å². The Labute approximate surface area is 107 Å². The van der Waals surface area contributed by atoms with E-state index >= 15 is 0 Å². The molecule has 2 rings (SSSR count). The predicted molar refractivity (Wildman–Crippen MR) is 68.8 cm³/mol. The lowest BCUT2D eigenvalue weighted by atomic mass is 10.0. The first-order valence-corrected chi connectivity index (χ1v) is 6.33. The summed E-state index contributed by atoms with van der Waals surface area (Å²) in [5, 5.41) is 7.07. The number of amides is 1. The average molecular weight is 251 g/mol. The van der Waals surface area contributed by atoms with Gasteiger partial charge in [0.2, 0.25) is 5.91 Å². The Balaban J connectivity index is 2.21. The van der Waals surface area contributed by atoms with Crippen molar-refractivity contribution < 1.29 is 4.79 Å². The van der Waals surface area contributed by atoms with Gasteiger partial charge in [-0.05, 0) is 13.3 Å². The largest absolute Gasteiger partial charge is 0.355 e. The zero-order chi connectivity index (χ0) is 13.1. The zero-order valence-electron chi connectivity index (χ0n) is 11.0. The van der Waals surface area contributed by atoms with Crippen LogP contribution in [0.2, 0.25) is 0 Å². The molecule has 1 aliphatic heterocycles. The van der Waals surface area contributed by atoms with Crippen LogP contribution in [0.5, 0.6) is 0 Å². The van der Waals surface area contributed by atoms with E-state index in [2.05, 4.69) is 15.3 Å². The van der Waals surface area contributed by atoms with Gasteiger partial charge < -0.3 is 11.1 Å². The maximum atomic E-state index is 11.6. The molecule has 0 aliphatic carbocycles. The molecule has 6 nitrogen and oxygen atoms in total. The Morgan fingerprint density at radius 1 is 1.56 bits per heavy atom. The number of nitrogens with one attached hydrogen (secondary N) is 1. The molecule has 3 N–H and O–H groups in total. The van der Waals surface area contributed by atoms with Gasteiger partial charge in [-0.15, -0.1) is 0 Å². The van der Waals surface area contributed by atoms with Gasteiger partial charge in [0.25, 0.3) is 0 Å². The highest BCUT2D eigenvalue weighted by Gasteiger charge is 2.27. The Hall–Kier alpha value is -1.40. The van der Waals surface area contributed by atoms with Gasteiger partial charge >= 0.3 is 0 Å². The van der Waals surface area contributed by atoms with Gasteiger partial charge in [-0.1, -0.05) is 0 Å². The number of nitrogens with two attached hydrogens (primary N) is 1. The summed E-state index contributed by atoms with van der Waals surface area (Å²) in [6.07, 6.45) is 4.75. The summed E-state index contributed by atoms with van der Waals surface area (Å²) >= 11 is 0. The second-order valence-corrected chi connectivity index (χ2v) is 4.93. The van der Waals surface area contributed by atoms with Crippen LogP contribution in [0.4, 0.5) is 0 Å². The van der Waals surface area contributed by atoms with Crippen LogP contribution in [0.3, 0.4) is 0 Å². The van der Waals surface area contributed by atoms with E-state index in [1.165, 1.54) is 0 Å². The quantitative estimate of drug-likeness (QED) is 0.768. The SMILES string of the molecule is CC(N)C(c1cnn(C)c1)N1CCCNC(=O)C1. The smallest absolute Gasteiger partial charge is 0.234 e. The summed E-state index contributed by atoms with van der Waals surface area (Å²) < 4.78 is 1.77. The Kier molecular flexibility index (Phi) is 3.98. The van der Waals surface area contributed by atoms with Crippen LogP contribution in [0.15, 0.2) is 12.4 Å². The summed E-state index contributed by atoms with van der Waals surface area (Å²) in [6, 6.07) is 0.00245. The van der Waals surface area contributed by atoms with Crippen molar-refractivity contribution in [1.29, 1.82) is 0 Å². The molecule has 2 unspecified atom stereocenters. The van der Waals surface area contributed by atoms with Gasteiger partial charge in [0.05, 0.1) is 18.8 Å². The molecule has 18 heavy (non-hydrogen) atoms. The second-order valence-electron chi connectivity index (χ2n) is 4.93. The molecule has 1 saturated heterocycles. The standard InChI is InChI=1S/C12H21N5O/c1-9(13)12(10-6-15-16(2)7-10)17-5-3-4-14-11(18)8-17/h6-7,9,12H,3-5,8,13H2,1-2H3,(H,14,18). The molecule has 1 aromatic heterocycles. The maximum Gasteiger partial charge on any atom is 0.234 e. The molecule has 2 atom stereocenters. The van der Waals surface area contributed by atoms with Gasteiger partial charge in [0.1, 0.15) is 0 Å². The maximum absolute atomic E-state index is 11.6. The van der Waals surface area contributed by atoms with E-state index in [1.54, 1.807) is 4.68 Å². The molecule has 1 aliphatic rings. The molecular weight excluding hydrogens is 230 g/mol. The van der Waals surface area contributed by atoms with Crippen molar-refractivity contribution in [3.05, 3.63) is 18.0 Å². The highest BCUT2D eigenvalue weighted by Crippen LogP contribution is 2.23. The molecule has 0 bridgehead atoms. The van der Waals surface area contributed by atoms with Crippen LogP contribution in [-0.4, -0.2) is 46.3 Å². The van der Waals surface area contributed by atoms with Crippen LogP contribution in [0.25, 0.3) is 0 Å². The molecule has 1 aromatic rings. The van der Waals surface area contributed by atoms with Crippen molar-refractivity contribution in [1.82, 2.24) is 20.0 Å². The number of hydrogen-bond donors (Lipinski definition) is 2. The first-order valence-electron chi connectivity index (χ1n) is 6.33. The van der Waals surface area contributed by atoms with Crippen LogP contribution >= 0.6 is 0 Å². The predicted octanol–water partition coefficient (Wildman–Crippen LogP) is -0.370. The highest BCUT2D eigenvalue weighted by atomic mass is 16.2. The Morgan fingerprint density at radius 2 is 2.33 bits per heavy atom. The normalized spacial score (nSPS) is 21.2. The lowest BCUT2D eigenvalue weighted by Crippen LogP contribution is -2.42. The van der Waals surface area contributed by atoms with Gasteiger partial charge in [-0.25, -0.2) is 0 Å². The first kappa shape index (κ1) is 13.0. The Bertz CT molecular complexity index is 414. The van der Waals surface area contributed by atoms with Crippen molar-refractivity contribution in [3.8, 4) is 0 Å². The fraction of sp³-hybridized carbons (Fsp3) is 0.667. The summed E-state index contributed by atoms with van der Waals surface area (Å²) in [7, 11) is 1.89. The molecule has 2 heterocycles. The molecule has 0 aromatic carbocycles. The van der Waals surface area contributed by atoms with Crippen molar-refractivity contribution in [3.63, 3.8) is 0 Å². The van der Waals surface area contributed by atoms with Gasteiger partial charge in [0, 0.05) is 37.9 Å². The summed E-state index contributed by atoms with van der Waals surface area (Å²) in [5.41, 5.74) is 7.17. The minimum Gasteiger partial charge on any atom is -0.355 e. The number of aromatic nitrogens is 2. The summed E-state index contributed by atoms with van der Waals surface area (Å²) in [5.74, 6) is 0.0713. The number of hydrogen-bond acceptors (Lipinski definition) is 4. The van der Waals surface area contributed by atoms with Gasteiger partial charge in [-0.3, -0.25) is 14.4 Å². The Morgan fingerprint density at radius 3 is 2.94 bits per heavy atom. The van der Waals surface area contributed by atoms with E-state index in [-0.39, 0.29) is 18.0 Å². The molecule has 0 spiro atoms. The number of rotatable bonds is 3. The molecule has 0 radical (unpaired) electrons. The molecule has 1 fully saturated rings. The van der Waals surface area contributed by atoms with Crippen LogP contribution in [0.1, 0.15) is 24.9 Å². The van der Waals surface area contributed by atoms with Crippen molar-refractivity contribution in [2.24, 2.45) is 12.8 Å². The van der Waals surface area contributed by atoms with E-state index in [0.29, 0.717) is 6.54 Å². The van der Waals surface area contributed by atoms with E-state index in [4.69, 9.17) is 5.73 Å². The van der Waals surface area contributed by atoms with E-state index in [0.717, 1.165) is 25.1 Å². The fourth-order valence-corrected chi connectivity index (χ4v) is 2.51. The third-order valence-electron chi connectivity index (χ3n) is 3.25. The van der Waals surface area contributed by atoms with Gasteiger partial charge in [0.15, 0.2) is 0 Å². The number of aryl methyl sites for hydroxylation is 1. The monoisotopic (exact) mass is 251 g/mol. The second kappa shape index (κ2) is 5.49. The lowest BCUT2D eigenvalue weighted by Gasteiger charge is -2.31.